The fourth-order valence-corrected chi connectivity index (χ4v) is 4.84. The van der Waals surface area contributed by atoms with E-state index in [-0.39, 0.29) is 37.1 Å². The summed E-state index contributed by atoms with van der Waals surface area (Å²) in [6.45, 7) is 5.53. The van der Waals surface area contributed by atoms with Gasteiger partial charge in [-0.2, -0.15) is 0 Å². The van der Waals surface area contributed by atoms with Gasteiger partial charge in [0.25, 0.3) is 0 Å². The largest absolute Gasteiger partial charge is 0.493 e. The molecule has 13 heteroatoms. The predicted octanol–water partition coefficient (Wildman–Crippen LogP) is 3.83. The van der Waals surface area contributed by atoms with Gasteiger partial charge in [-0.25, -0.2) is 4.79 Å². The van der Waals surface area contributed by atoms with E-state index >= 15 is 0 Å². The number of fused-ring (bicyclic) bond motifs is 1. The molecule has 1 aliphatic rings. The van der Waals surface area contributed by atoms with E-state index in [0.717, 1.165) is 5.56 Å². The molecule has 4 amide bonds. The van der Waals surface area contributed by atoms with Crippen LogP contribution in [0.1, 0.15) is 43.0 Å². The number of carbonyl (C=O) groups excluding carboxylic acids is 3. The van der Waals surface area contributed by atoms with E-state index in [0.29, 0.717) is 34.9 Å². The van der Waals surface area contributed by atoms with Gasteiger partial charge in [-0.05, 0) is 54.7 Å². The highest BCUT2D eigenvalue weighted by molar-refractivity contribution is 6.01. The van der Waals surface area contributed by atoms with Gasteiger partial charge in [0.15, 0.2) is 17.2 Å². The molecule has 3 aromatic rings. The van der Waals surface area contributed by atoms with Gasteiger partial charge in [0.2, 0.25) is 18.6 Å². The summed E-state index contributed by atoms with van der Waals surface area (Å²) in [7, 11) is 1.40. The van der Waals surface area contributed by atoms with Crippen LogP contribution in [0.3, 0.4) is 0 Å². The first kappa shape index (κ1) is 32.6. The Morgan fingerprint density at radius 2 is 1.73 bits per heavy atom. The Kier molecular flexibility index (Phi) is 10.8. The first-order valence-electron chi connectivity index (χ1n) is 14.4. The van der Waals surface area contributed by atoms with E-state index in [9.17, 15) is 24.3 Å². The van der Waals surface area contributed by atoms with Gasteiger partial charge in [-0.1, -0.05) is 38.1 Å². The molecule has 2 aromatic carbocycles. The minimum absolute atomic E-state index is 0.0390. The Morgan fingerprint density at radius 1 is 1.00 bits per heavy atom. The maximum Gasteiger partial charge on any atom is 0.323 e. The zero-order valence-corrected chi connectivity index (χ0v) is 25.5. The zero-order valence-electron chi connectivity index (χ0n) is 25.5. The molecule has 45 heavy (non-hydrogen) atoms. The van der Waals surface area contributed by atoms with Crippen LogP contribution in [-0.4, -0.2) is 60.4 Å². The molecule has 0 spiro atoms. The topological polar surface area (TPSA) is 177 Å². The number of hydrogen-bond acceptors (Lipinski definition) is 8. The number of ether oxygens (including phenoxy) is 3. The number of benzene rings is 2. The molecule has 0 saturated carbocycles. The SMILES string of the molecule is COc1c(NC(=O)Nc2ccccc2C)ccnc1CC(=O)N[C@@H](CC(C)C)C(=O)NCC(C(=O)O)c1ccc2c(c1)OCO2. The number of nitrogens with zero attached hydrogens (tertiary/aromatic N) is 1. The van der Waals surface area contributed by atoms with Crippen LogP contribution in [0.25, 0.3) is 0 Å². The van der Waals surface area contributed by atoms with Gasteiger partial charge in [0.05, 0.1) is 30.8 Å². The molecule has 1 aliphatic heterocycles. The van der Waals surface area contributed by atoms with Crippen molar-refractivity contribution in [2.45, 2.75) is 45.6 Å². The number of carboxylic acids is 1. The van der Waals surface area contributed by atoms with Gasteiger partial charge >= 0.3 is 12.0 Å². The molecule has 5 N–H and O–H groups in total. The third-order valence-corrected chi connectivity index (χ3v) is 7.09. The molecule has 2 atom stereocenters. The molecule has 2 heterocycles. The van der Waals surface area contributed by atoms with E-state index in [4.69, 9.17) is 14.2 Å². The Bertz CT molecular complexity index is 1560. The van der Waals surface area contributed by atoms with E-state index in [1.807, 2.05) is 39.0 Å². The number of methoxy groups -OCH3 is 1. The van der Waals surface area contributed by atoms with Crippen LogP contribution >= 0.6 is 0 Å². The first-order chi connectivity index (χ1) is 21.5. The standard InChI is InChI=1S/C32H37N5O8/c1-18(2)13-25(30(39)34-16-21(31(40)41)20-9-10-26-27(14-20)45-17-44-26)35-28(38)15-24-29(43-4)23(11-12-33-24)37-32(42)36-22-8-6-5-7-19(22)3/h5-12,14,18,21,25H,13,15-17H2,1-4H3,(H,34,39)(H,35,38)(H,40,41)(H2,33,36,37,42)/t21?,25-/m0/s1. The molecular formula is C32H37N5O8. The molecule has 1 unspecified atom stereocenters. The van der Waals surface area contributed by atoms with Crippen molar-refractivity contribution in [3.05, 3.63) is 71.5 Å². The number of anilines is 2. The quantitative estimate of drug-likeness (QED) is 0.190. The molecule has 0 aliphatic carbocycles. The Hall–Kier alpha value is -5.33. The van der Waals surface area contributed by atoms with E-state index < -0.39 is 35.8 Å². The van der Waals surface area contributed by atoms with Crippen molar-refractivity contribution in [2.24, 2.45) is 5.92 Å². The normalized spacial score (nSPS) is 13.0. The number of aliphatic carboxylic acids is 1. The summed E-state index contributed by atoms with van der Waals surface area (Å²) in [5.41, 5.74) is 2.53. The highest BCUT2D eigenvalue weighted by Gasteiger charge is 2.28. The van der Waals surface area contributed by atoms with Gasteiger partial charge in [-0.3, -0.25) is 19.4 Å². The Balaban J connectivity index is 1.41. The molecule has 13 nitrogen and oxygen atoms in total. The second kappa shape index (κ2) is 14.9. The number of aryl methyl sites for hydroxylation is 1. The lowest BCUT2D eigenvalue weighted by Gasteiger charge is -2.22. The van der Waals surface area contributed by atoms with E-state index in [1.54, 1.807) is 30.3 Å². The number of urea groups is 1. The third kappa shape index (κ3) is 8.62. The van der Waals surface area contributed by atoms with E-state index in [2.05, 4.69) is 26.3 Å². The molecular weight excluding hydrogens is 582 g/mol. The van der Waals surface area contributed by atoms with Crippen molar-refractivity contribution in [2.75, 3.05) is 31.1 Å². The van der Waals surface area contributed by atoms with Crippen molar-refractivity contribution in [1.82, 2.24) is 15.6 Å². The van der Waals surface area contributed by atoms with Gasteiger partial charge in [0.1, 0.15) is 6.04 Å². The minimum Gasteiger partial charge on any atom is -0.493 e. The number of para-hydroxylation sites is 1. The molecule has 0 saturated heterocycles. The van der Waals surface area contributed by atoms with Crippen molar-refractivity contribution < 1.29 is 38.5 Å². The molecule has 0 fully saturated rings. The molecule has 238 valence electrons. The lowest BCUT2D eigenvalue weighted by molar-refractivity contribution is -0.139. The van der Waals surface area contributed by atoms with Crippen LogP contribution in [0.4, 0.5) is 16.2 Å². The van der Waals surface area contributed by atoms with Crippen LogP contribution in [0.15, 0.2) is 54.7 Å². The molecule has 1 aromatic heterocycles. The van der Waals surface area contributed by atoms with Gasteiger partial charge in [0, 0.05) is 18.4 Å². The number of hydrogen-bond donors (Lipinski definition) is 5. The van der Waals surface area contributed by atoms with Crippen LogP contribution < -0.4 is 35.5 Å². The summed E-state index contributed by atoms with van der Waals surface area (Å²) < 4.78 is 16.1. The maximum atomic E-state index is 13.2. The molecule has 0 radical (unpaired) electrons. The van der Waals surface area contributed by atoms with Crippen LogP contribution in [-0.2, 0) is 20.8 Å². The highest BCUT2D eigenvalue weighted by Crippen LogP contribution is 2.34. The lowest BCUT2D eigenvalue weighted by Crippen LogP contribution is -2.49. The zero-order chi connectivity index (χ0) is 32.5. The molecule has 0 bridgehead atoms. The summed E-state index contributed by atoms with van der Waals surface area (Å²) >= 11 is 0. The minimum atomic E-state index is -1.13. The van der Waals surface area contributed by atoms with Gasteiger partial charge < -0.3 is 40.6 Å². The summed E-state index contributed by atoms with van der Waals surface area (Å²) in [5, 5.41) is 20.8. The second-order valence-corrected chi connectivity index (χ2v) is 10.9. The van der Waals surface area contributed by atoms with Crippen molar-refractivity contribution in [3.8, 4) is 17.2 Å². The predicted molar refractivity (Wildman–Crippen MR) is 166 cm³/mol. The van der Waals surface area contributed by atoms with Crippen LogP contribution in [0.5, 0.6) is 17.2 Å². The average molecular weight is 620 g/mol. The number of amides is 4. The number of rotatable bonds is 13. The highest BCUT2D eigenvalue weighted by atomic mass is 16.7. The van der Waals surface area contributed by atoms with Crippen LogP contribution in [0.2, 0.25) is 0 Å². The van der Waals surface area contributed by atoms with Crippen LogP contribution in [0, 0.1) is 12.8 Å². The van der Waals surface area contributed by atoms with Gasteiger partial charge in [-0.15, -0.1) is 0 Å². The summed E-state index contributed by atoms with van der Waals surface area (Å²) in [6, 6.07) is 12.3. The number of pyridine rings is 1. The number of carboxylic acid groups (broad SMARTS) is 1. The Labute approximate surface area is 260 Å². The third-order valence-electron chi connectivity index (χ3n) is 7.09. The fourth-order valence-electron chi connectivity index (χ4n) is 4.84. The Morgan fingerprint density at radius 3 is 2.44 bits per heavy atom. The summed E-state index contributed by atoms with van der Waals surface area (Å²) in [4.78, 5) is 55.4. The second-order valence-electron chi connectivity index (χ2n) is 10.9. The number of aromatic nitrogens is 1. The molecule has 4 rings (SSSR count). The maximum absolute atomic E-state index is 13.2. The number of nitrogens with one attached hydrogen (secondary N) is 4. The van der Waals surface area contributed by atoms with Crippen molar-refractivity contribution >= 4 is 35.2 Å². The first-order valence-corrected chi connectivity index (χ1v) is 14.4. The monoisotopic (exact) mass is 619 g/mol. The van der Waals surface area contributed by atoms with E-state index in [1.165, 1.54) is 13.3 Å². The lowest BCUT2D eigenvalue weighted by atomic mass is 9.98. The fraction of sp³-hybridized carbons (Fsp3) is 0.344. The smallest absolute Gasteiger partial charge is 0.323 e. The number of carbonyl (C=O) groups is 4. The average Bonchev–Trinajstić information content (AvgIpc) is 3.46. The van der Waals surface area contributed by atoms with Crippen molar-refractivity contribution in [1.29, 1.82) is 0 Å². The van der Waals surface area contributed by atoms with Crippen molar-refractivity contribution in [3.63, 3.8) is 0 Å². The summed E-state index contributed by atoms with van der Waals surface area (Å²) in [5.74, 6) is -2.01. The summed E-state index contributed by atoms with van der Waals surface area (Å²) in [6.07, 6.45) is 1.51.